The molecule has 0 spiro atoms. The first-order valence-electron chi connectivity index (χ1n) is 4.59. The molecule has 2 rings (SSSR count). The molecular weight excluding hydrogens is 245 g/mol. The maximum Gasteiger partial charge on any atom is 0.123 e. The van der Waals surface area contributed by atoms with E-state index in [9.17, 15) is 4.39 Å². The average molecular weight is 252 g/mol. The first-order chi connectivity index (χ1) is 7.70. The Hall–Kier alpha value is -1.32. The van der Waals surface area contributed by atoms with Crippen LogP contribution in [0.1, 0.15) is 0 Å². The molecule has 0 saturated carbocycles. The van der Waals surface area contributed by atoms with Gasteiger partial charge < -0.3 is 0 Å². The molecule has 0 fully saturated rings. The predicted molar refractivity (Wildman–Crippen MR) is 66.3 cm³/mol. The highest BCUT2D eigenvalue weighted by atomic mass is 35.5. The van der Waals surface area contributed by atoms with Crippen molar-refractivity contribution < 1.29 is 4.39 Å². The van der Waals surface area contributed by atoms with E-state index in [0.29, 0.717) is 10.7 Å². The summed E-state index contributed by atoms with van der Waals surface area (Å²) in [6.45, 7) is 0. The number of halogens is 2. The number of hydrogen-bond donors (Lipinski definition) is 0. The van der Waals surface area contributed by atoms with Gasteiger partial charge in [0.05, 0.1) is 10.7 Å². The summed E-state index contributed by atoms with van der Waals surface area (Å²) in [5, 5.41) is 0.553. The minimum atomic E-state index is -0.267. The summed E-state index contributed by atoms with van der Waals surface area (Å²) < 4.78 is 16.4. The van der Waals surface area contributed by atoms with Crippen LogP contribution in [0.25, 0.3) is 11.1 Å². The fourth-order valence-corrected chi connectivity index (χ4v) is 1.82. The molecule has 0 aromatic heterocycles. The topological polar surface area (TPSA) is 12.4 Å². The quantitative estimate of drug-likeness (QED) is 0.765. The fraction of sp³-hybridized carbons (Fsp3) is 0. The molecule has 0 N–H and O–H groups in total. The summed E-state index contributed by atoms with van der Waals surface area (Å²) in [4.78, 5) is 0. The predicted octanol–water partition coefficient (Wildman–Crippen LogP) is 4.51. The Balaban J connectivity index is 2.48. The zero-order valence-electron chi connectivity index (χ0n) is 8.15. The van der Waals surface area contributed by atoms with E-state index in [4.69, 9.17) is 11.6 Å². The Kier molecular flexibility index (Phi) is 3.27. The Morgan fingerprint density at radius 2 is 1.75 bits per heavy atom. The van der Waals surface area contributed by atoms with Crippen LogP contribution in [0.2, 0.25) is 5.02 Å². The molecule has 16 heavy (non-hydrogen) atoms. The second kappa shape index (κ2) is 4.68. The lowest BCUT2D eigenvalue weighted by Gasteiger charge is -2.04. The molecule has 0 bridgehead atoms. The lowest BCUT2D eigenvalue weighted by molar-refractivity contribution is 0.628. The van der Waals surface area contributed by atoms with Gasteiger partial charge in [-0.05, 0) is 29.8 Å². The van der Waals surface area contributed by atoms with E-state index >= 15 is 0 Å². The van der Waals surface area contributed by atoms with Crippen LogP contribution in [0, 0.1) is 5.82 Å². The average Bonchev–Trinajstić information content (AvgIpc) is 2.30. The number of hydrogen-bond acceptors (Lipinski definition) is 2. The van der Waals surface area contributed by atoms with Gasteiger partial charge in [-0.2, -0.15) is 4.36 Å². The van der Waals surface area contributed by atoms with E-state index in [2.05, 4.69) is 16.8 Å². The van der Waals surface area contributed by atoms with Crippen molar-refractivity contribution in [2.24, 2.45) is 4.36 Å². The van der Waals surface area contributed by atoms with Crippen molar-refractivity contribution in [3.63, 3.8) is 0 Å². The Bertz CT molecular complexity index is 525. The van der Waals surface area contributed by atoms with Crippen LogP contribution in [0.5, 0.6) is 0 Å². The summed E-state index contributed by atoms with van der Waals surface area (Å²) in [7, 11) is 0. The summed E-state index contributed by atoms with van der Waals surface area (Å²) in [6, 6.07) is 11.4. The van der Waals surface area contributed by atoms with Gasteiger partial charge >= 0.3 is 0 Å². The van der Waals surface area contributed by atoms with Crippen LogP contribution in [-0.2, 0) is 12.4 Å². The molecule has 0 unspecified atom stereocenters. The molecule has 80 valence electrons. The van der Waals surface area contributed by atoms with Crippen molar-refractivity contribution in [1.29, 1.82) is 0 Å². The van der Waals surface area contributed by atoms with Crippen LogP contribution >= 0.6 is 11.6 Å². The highest BCUT2D eigenvalue weighted by Crippen LogP contribution is 2.31. The summed E-state index contributed by atoms with van der Waals surface area (Å²) >= 11 is 10.7. The molecule has 0 atom stereocenters. The van der Waals surface area contributed by atoms with Gasteiger partial charge in [0.2, 0.25) is 0 Å². The zero-order chi connectivity index (χ0) is 11.5. The number of nitrogens with zero attached hydrogens (tertiary/aromatic N) is 1. The second-order valence-corrected chi connectivity index (χ2v) is 3.85. The van der Waals surface area contributed by atoms with Crippen molar-refractivity contribution >= 4 is 29.7 Å². The van der Waals surface area contributed by atoms with Gasteiger partial charge in [-0.25, -0.2) is 4.39 Å². The molecule has 0 saturated heterocycles. The summed E-state index contributed by atoms with van der Waals surface area (Å²) in [6.07, 6.45) is 0. The van der Waals surface area contributed by atoms with Gasteiger partial charge in [-0.1, -0.05) is 29.8 Å². The van der Waals surface area contributed by atoms with Crippen molar-refractivity contribution in [1.82, 2.24) is 0 Å². The molecule has 4 heteroatoms. The molecule has 0 aliphatic heterocycles. The van der Waals surface area contributed by atoms with Crippen molar-refractivity contribution in [3.05, 3.63) is 53.3 Å². The molecule has 0 radical (unpaired) electrons. The van der Waals surface area contributed by atoms with Crippen LogP contribution in [0.15, 0.2) is 46.8 Å². The zero-order valence-corrected chi connectivity index (χ0v) is 9.73. The van der Waals surface area contributed by atoms with E-state index in [-0.39, 0.29) is 5.82 Å². The minimum absolute atomic E-state index is 0.267. The summed E-state index contributed by atoms with van der Waals surface area (Å²) in [5.74, 6) is -0.267. The minimum Gasteiger partial charge on any atom is -0.207 e. The molecular formula is C12H7ClFNS. The van der Waals surface area contributed by atoms with Crippen molar-refractivity contribution in [2.75, 3.05) is 0 Å². The second-order valence-electron chi connectivity index (χ2n) is 3.26. The summed E-state index contributed by atoms with van der Waals surface area (Å²) in [5.41, 5.74) is 2.34. The normalized spacial score (nSPS) is 10.1. The standard InChI is InChI=1S/C12H7ClFNS/c13-12-7-10(15-16)5-6-11(12)8-1-3-9(14)4-2-8/h1-7H. The van der Waals surface area contributed by atoms with Crippen molar-refractivity contribution in [2.45, 2.75) is 0 Å². The van der Waals surface area contributed by atoms with Gasteiger partial charge in [0, 0.05) is 18.0 Å². The maximum absolute atomic E-state index is 12.8. The van der Waals surface area contributed by atoms with E-state index in [0.717, 1.165) is 11.1 Å². The molecule has 0 heterocycles. The van der Waals surface area contributed by atoms with Crippen LogP contribution in [0.3, 0.4) is 0 Å². The van der Waals surface area contributed by atoms with Crippen LogP contribution < -0.4 is 0 Å². The third kappa shape index (κ3) is 2.26. The Labute approximate surface area is 103 Å². The van der Waals surface area contributed by atoms with E-state index in [1.54, 1.807) is 24.3 Å². The first kappa shape index (κ1) is 11.2. The van der Waals surface area contributed by atoms with E-state index in [1.165, 1.54) is 12.1 Å². The van der Waals surface area contributed by atoms with Gasteiger partial charge in [0.15, 0.2) is 0 Å². The monoisotopic (exact) mass is 251 g/mol. The smallest absolute Gasteiger partial charge is 0.123 e. The third-order valence-corrected chi connectivity index (χ3v) is 2.74. The van der Waals surface area contributed by atoms with Gasteiger partial charge in [-0.15, -0.1) is 0 Å². The molecule has 2 aromatic rings. The SMILES string of the molecule is Fc1ccc(-c2ccc(N=S)cc2Cl)cc1. The number of rotatable bonds is 2. The van der Waals surface area contributed by atoms with Gasteiger partial charge in [0.1, 0.15) is 5.82 Å². The van der Waals surface area contributed by atoms with Gasteiger partial charge in [0.25, 0.3) is 0 Å². The molecule has 1 nitrogen and oxygen atoms in total. The largest absolute Gasteiger partial charge is 0.207 e. The molecule has 0 aliphatic rings. The first-order valence-corrected chi connectivity index (χ1v) is 5.34. The molecule has 0 amide bonds. The van der Waals surface area contributed by atoms with Crippen molar-refractivity contribution in [3.8, 4) is 11.1 Å². The maximum atomic E-state index is 12.8. The van der Waals surface area contributed by atoms with E-state index < -0.39 is 0 Å². The Morgan fingerprint density at radius 3 is 2.31 bits per heavy atom. The highest BCUT2D eigenvalue weighted by Gasteiger charge is 2.04. The lowest BCUT2D eigenvalue weighted by atomic mass is 10.1. The third-order valence-electron chi connectivity index (χ3n) is 2.21. The molecule has 0 aliphatic carbocycles. The fourth-order valence-electron chi connectivity index (χ4n) is 1.42. The van der Waals surface area contributed by atoms with E-state index in [1.807, 2.05) is 6.07 Å². The Morgan fingerprint density at radius 1 is 1.06 bits per heavy atom. The van der Waals surface area contributed by atoms with Crippen LogP contribution in [0.4, 0.5) is 10.1 Å². The number of benzene rings is 2. The lowest BCUT2D eigenvalue weighted by Crippen LogP contribution is -1.80. The van der Waals surface area contributed by atoms with Crippen LogP contribution in [-0.4, -0.2) is 0 Å². The highest BCUT2D eigenvalue weighted by molar-refractivity contribution is 7.47. The molecule has 2 aromatic carbocycles. The van der Waals surface area contributed by atoms with Gasteiger partial charge in [-0.3, -0.25) is 0 Å².